The van der Waals surface area contributed by atoms with Crippen LogP contribution in [0.25, 0.3) is 17.0 Å². The van der Waals surface area contributed by atoms with Crippen molar-refractivity contribution in [3.63, 3.8) is 0 Å². The van der Waals surface area contributed by atoms with Gasteiger partial charge in [-0.1, -0.05) is 72.2 Å². The van der Waals surface area contributed by atoms with Gasteiger partial charge in [0.2, 0.25) is 5.82 Å². The highest BCUT2D eigenvalue weighted by Crippen LogP contribution is 2.37. The van der Waals surface area contributed by atoms with Crippen molar-refractivity contribution in [3.05, 3.63) is 77.3 Å². The van der Waals surface area contributed by atoms with Crippen LogP contribution in [0.15, 0.2) is 64.8 Å². The first kappa shape index (κ1) is 19.3. The van der Waals surface area contributed by atoms with E-state index in [9.17, 15) is 0 Å². The molecule has 2 heterocycles. The van der Waals surface area contributed by atoms with Crippen LogP contribution in [-0.4, -0.2) is 26.7 Å². The van der Waals surface area contributed by atoms with Crippen molar-refractivity contribution in [3.8, 4) is 11.4 Å². The summed E-state index contributed by atoms with van der Waals surface area (Å²) in [6.07, 6.45) is 0.987. The summed E-state index contributed by atoms with van der Waals surface area (Å²) in [5.41, 5.74) is 5.24. The SMILES string of the molecule is CCCN1C(=S)NC(c2ccccc2)C(c2nc(-c3ccc(C)cc3)no2)=C1C. The van der Waals surface area contributed by atoms with Crippen molar-refractivity contribution in [2.24, 2.45) is 0 Å². The maximum absolute atomic E-state index is 5.74. The summed E-state index contributed by atoms with van der Waals surface area (Å²) in [6.45, 7) is 7.11. The molecule has 0 amide bonds. The van der Waals surface area contributed by atoms with Crippen LogP contribution in [0.4, 0.5) is 0 Å². The summed E-state index contributed by atoms with van der Waals surface area (Å²) in [5.74, 6) is 1.10. The van der Waals surface area contributed by atoms with Gasteiger partial charge in [0.25, 0.3) is 5.89 Å². The number of rotatable bonds is 5. The zero-order valence-corrected chi connectivity index (χ0v) is 17.7. The van der Waals surface area contributed by atoms with E-state index in [1.54, 1.807) is 0 Å². The topological polar surface area (TPSA) is 54.2 Å². The Labute approximate surface area is 176 Å². The number of benzene rings is 2. The number of thiocarbonyl (C=S) groups is 1. The number of hydrogen-bond acceptors (Lipinski definition) is 4. The molecule has 29 heavy (non-hydrogen) atoms. The van der Waals surface area contributed by atoms with Crippen molar-refractivity contribution < 1.29 is 4.52 Å². The molecule has 0 saturated heterocycles. The number of nitrogens with one attached hydrogen (secondary N) is 1. The molecular weight excluding hydrogens is 380 g/mol. The van der Waals surface area contributed by atoms with E-state index in [0.29, 0.717) is 11.7 Å². The van der Waals surface area contributed by atoms with Crippen molar-refractivity contribution in [2.75, 3.05) is 6.54 Å². The third-order valence-electron chi connectivity index (χ3n) is 5.14. The molecule has 0 aliphatic carbocycles. The van der Waals surface area contributed by atoms with Gasteiger partial charge in [-0.3, -0.25) is 0 Å². The smallest absolute Gasteiger partial charge is 0.258 e. The average Bonchev–Trinajstić information content (AvgIpc) is 3.21. The van der Waals surface area contributed by atoms with Crippen molar-refractivity contribution in [1.82, 2.24) is 20.4 Å². The molecule has 1 N–H and O–H groups in total. The van der Waals surface area contributed by atoms with Gasteiger partial charge in [-0.2, -0.15) is 4.98 Å². The van der Waals surface area contributed by atoms with Crippen LogP contribution in [0.1, 0.15) is 43.3 Å². The predicted octanol–water partition coefficient (Wildman–Crippen LogP) is 5.12. The second-order valence-electron chi connectivity index (χ2n) is 7.23. The minimum absolute atomic E-state index is 0.136. The number of hydrogen-bond donors (Lipinski definition) is 1. The van der Waals surface area contributed by atoms with E-state index < -0.39 is 0 Å². The Morgan fingerprint density at radius 2 is 1.79 bits per heavy atom. The average molecular weight is 405 g/mol. The van der Waals surface area contributed by atoms with Crippen molar-refractivity contribution in [2.45, 2.75) is 33.2 Å². The second-order valence-corrected chi connectivity index (χ2v) is 7.62. The summed E-state index contributed by atoms with van der Waals surface area (Å²) in [5, 5.41) is 8.44. The Bertz CT molecular complexity index is 1040. The monoisotopic (exact) mass is 404 g/mol. The lowest BCUT2D eigenvalue weighted by atomic mass is 9.95. The fraction of sp³-hybridized carbons (Fsp3) is 0.261. The molecule has 0 bridgehead atoms. The first-order valence-corrected chi connectivity index (χ1v) is 10.2. The minimum Gasteiger partial charge on any atom is -0.351 e. The Morgan fingerprint density at radius 1 is 1.07 bits per heavy atom. The third kappa shape index (κ3) is 3.80. The molecule has 0 spiro atoms. The first-order chi connectivity index (χ1) is 14.1. The summed E-state index contributed by atoms with van der Waals surface area (Å²) >= 11 is 5.66. The molecule has 1 aliphatic rings. The lowest BCUT2D eigenvalue weighted by molar-refractivity contribution is 0.396. The van der Waals surface area contributed by atoms with Gasteiger partial charge in [-0.05, 0) is 38.0 Å². The van der Waals surface area contributed by atoms with Gasteiger partial charge in [-0.15, -0.1) is 0 Å². The van der Waals surface area contributed by atoms with Crippen LogP contribution in [0.2, 0.25) is 0 Å². The van der Waals surface area contributed by atoms with Gasteiger partial charge in [0.1, 0.15) is 0 Å². The van der Waals surface area contributed by atoms with E-state index in [1.165, 1.54) is 5.56 Å². The predicted molar refractivity (Wildman–Crippen MR) is 119 cm³/mol. The van der Waals surface area contributed by atoms with Gasteiger partial charge < -0.3 is 14.7 Å². The molecule has 2 aromatic carbocycles. The Balaban J connectivity index is 1.80. The highest BCUT2D eigenvalue weighted by molar-refractivity contribution is 7.80. The lowest BCUT2D eigenvalue weighted by Gasteiger charge is -2.37. The van der Waals surface area contributed by atoms with Crippen LogP contribution >= 0.6 is 12.2 Å². The quantitative estimate of drug-likeness (QED) is 0.596. The fourth-order valence-corrected chi connectivity index (χ4v) is 3.95. The Kier molecular flexibility index (Phi) is 5.45. The Hall–Kier alpha value is -2.99. The van der Waals surface area contributed by atoms with Crippen LogP contribution < -0.4 is 5.32 Å². The van der Waals surface area contributed by atoms with Gasteiger partial charge in [0.05, 0.1) is 11.6 Å². The van der Waals surface area contributed by atoms with Crippen molar-refractivity contribution in [1.29, 1.82) is 0 Å². The molecule has 0 saturated carbocycles. The van der Waals surface area contributed by atoms with Gasteiger partial charge in [-0.25, -0.2) is 0 Å². The van der Waals surface area contributed by atoms with Crippen LogP contribution in [-0.2, 0) is 0 Å². The maximum Gasteiger partial charge on any atom is 0.258 e. The highest BCUT2D eigenvalue weighted by atomic mass is 32.1. The molecular formula is C23H24N4OS. The number of allylic oxidation sites excluding steroid dienone is 1. The lowest BCUT2D eigenvalue weighted by Crippen LogP contribution is -2.46. The standard InChI is InChI=1S/C23H24N4OS/c1-4-14-27-16(3)19(20(24-23(27)29)17-8-6-5-7-9-17)22-25-21(26-28-22)18-12-10-15(2)11-13-18/h5-13,20H,4,14H2,1-3H3,(H,24,29). The number of nitrogens with zero attached hydrogens (tertiary/aromatic N) is 3. The maximum atomic E-state index is 5.74. The highest BCUT2D eigenvalue weighted by Gasteiger charge is 2.33. The van der Waals surface area contributed by atoms with E-state index in [4.69, 9.17) is 21.7 Å². The van der Waals surface area contributed by atoms with E-state index in [1.807, 2.05) is 42.5 Å². The van der Waals surface area contributed by atoms with Crippen LogP contribution in [0, 0.1) is 6.92 Å². The fourth-order valence-electron chi connectivity index (χ4n) is 3.60. The molecule has 5 nitrogen and oxygen atoms in total. The summed E-state index contributed by atoms with van der Waals surface area (Å²) in [7, 11) is 0. The Morgan fingerprint density at radius 3 is 2.48 bits per heavy atom. The van der Waals surface area contributed by atoms with Crippen molar-refractivity contribution >= 4 is 22.9 Å². The molecule has 0 radical (unpaired) electrons. The number of aryl methyl sites for hydroxylation is 1. The molecule has 3 aromatic rings. The van der Waals surface area contributed by atoms with E-state index in [-0.39, 0.29) is 6.04 Å². The normalized spacial score (nSPS) is 16.9. The van der Waals surface area contributed by atoms with E-state index in [0.717, 1.165) is 40.5 Å². The zero-order chi connectivity index (χ0) is 20.4. The zero-order valence-electron chi connectivity index (χ0n) is 16.8. The minimum atomic E-state index is -0.136. The molecule has 148 valence electrons. The van der Waals surface area contributed by atoms with Gasteiger partial charge in [0.15, 0.2) is 5.11 Å². The first-order valence-electron chi connectivity index (χ1n) is 9.83. The molecule has 0 fully saturated rings. The van der Waals surface area contributed by atoms with Crippen LogP contribution in [0.5, 0.6) is 0 Å². The molecule has 1 aliphatic heterocycles. The van der Waals surface area contributed by atoms with Gasteiger partial charge in [0, 0.05) is 17.8 Å². The van der Waals surface area contributed by atoms with Gasteiger partial charge >= 0.3 is 0 Å². The second kappa shape index (κ2) is 8.17. The van der Waals surface area contributed by atoms with E-state index in [2.05, 4.69) is 48.3 Å². The molecule has 1 atom stereocenters. The summed E-state index contributed by atoms with van der Waals surface area (Å²) in [6, 6.07) is 18.2. The summed E-state index contributed by atoms with van der Waals surface area (Å²) in [4.78, 5) is 6.84. The van der Waals surface area contributed by atoms with Crippen LogP contribution in [0.3, 0.4) is 0 Å². The largest absolute Gasteiger partial charge is 0.351 e. The molecule has 4 rings (SSSR count). The number of aromatic nitrogens is 2. The van der Waals surface area contributed by atoms with E-state index >= 15 is 0 Å². The molecule has 6 heteroatoms. The molecule has 1 aromatic heterocycles. The summed E-state index contributed by atoms with van der Waals surface area (Å²) < 4.78 is 5.74. The molecule has 1 unspecified atom stereocenters. The third-order valence-corrected chi connectivity index (χ3v) is 5.48.